The number of nitrogens with zero attached hydrogens (tertiary/aromatic N) is 2. The Kier molecular flexibility index (Phi) is 4.97. The molecular formula is C14H27N3. The Labute approximate surface area is 106 Å². The van der Waals surface area contributed by atoms with Crippen molar-refractivity contribution in [3.8, 4) is 6.07 Å². The highest BCUT2D eigenvalue weighted by Crippen LogP contribution is 2.31. The lowest BCUT2D eigenvalue weighted by Crippen LogP contribution is -2.45. The van der Waals surface area contributed by atoms with Gasteiger partial charge in [0.1, 0.15) is 5.54 Å². The van der Waals surface area contributed by atoms with Crippen LogP contribution in [0.2, 0.25) is 0 Å². The molecule has 0 bridgehead atoms. The smallest absolute Gasteiger partial charge is 0.102 e. The Morgan fingerprint density at radius 3 is 2.41 bits per heavy atom. The zero-order valence-electron chi connectivity index (χ0n) is 11.7. The lowest BCUT2D eigenvalue weighted by molar-refractivity contribution is 0.166. The number of hydrogen-bond donors (Lipinski definition) is 1. The molecule has 0 amide bonds. The van der Waals surface area contributed by atoms with Crippen LogP contribution in [0.3, 0.4) is 0 Å². The number of hydrogen-bond acceptors (Lipinski definition) is 3. The third-order valence-corrected chi connectivity index (χ3v) is 3.52. The van der Waals surface area contributed by atoms with E-state index in [0.717, 1.165) is 24.9 Å². The highest BCUT2D eigenvalue weighted by molar-refractivity contribution is 5.03. The van der Waals surface area contributed by atoms with Gasteiger partial charge >= 0.3 is 0 Å². The van der Waals surface area contributed by atoms with Crippen LogP contribution in [0.25, 0.3) is 0 Å². The van der Waals surface area contributed by atoms with Crippen molar-refractivity contribution in [3.63, 3.8) is 0 Å². The summed E-state index contributed by atoms with van der Waals surface area (Å²) in [4.78, 5) is 2.56. The van der Waals surface area contributed by atoms with Gasteiger partial charge < -0.3 is 5.73 Å². The molecule has 1 rings (SSSR count). The van der Waals surface area contributed by atoms with Crippen molar-refractivity contribution in [3.05, 3.63) is 0 Å². The van der Waals surface area contributed by atoms with Gasteiger partial charge in [0.05, 0.1) is 6.07 Å². The first kappa shape index (κ1) is 14.5. The van der Waals surface area contributed by atoms with E-state index in [1.54, 1.807) is 0 Å². The predicted molar refractivity (Wildman–Crippen MR) is 71.5 cm³/mol. The summed E-state index contributed by atoms with van der Waals surface area (Å²) in [6.45, 7) is 9.71. The van der Waals surface area contributed by atoms with E-state index in [-0.39, 0.29) is 0 Å². The minimum absolute atomic E-state index is 0.413. The lowest BCUT2D eigenvalue weighted by Gasteiger charge is -2.32. The topological polar surface area (TPSA) is 53.0 Å². The zero-order chi connectivity index (χ0) is 13.1. The third-order valence-electron chi connectivity index (χ3n) is 3.52. The van der Waals surface area contributed by atoms with E-state index < -0.39 is 5.54 Å². The van der Waals surface area contributed by atoms with Crippen LogP contribution in [-0.4, -0.2) is 29.1 Å². The SMILES string of the molecule is CC(C)CCN(C(C)CC(C)(N)C#N)C1CC1. The molecule has 0 heterocycles. The molecule has 1 aliphatic rings. The van der Waals surface area contributed by atoms with Gasteiger partial charge in [0.15, 0.2) is 0 Å². The fourth-order valence-electron chi connectivity index (χ4n) is 2.35. The van der Waals surface area contributed by atoms with Crippen molar-refractivity contribution in [1.29, 1.82) is 5.26 Å². The summed E-state index contributed by atoms with van der Waals surface area (Å²) in [6.07, 6.45) is 4.62. The predicted octanol–water partition coefficient (Wildman–Crippen LogP) is 2.52. The Balaban J connectivity index is 2.49. The molecule has 2 atom stereocenters. The van der Waals surface area contributed by atoms with E-state index in [2.05, 4.69) is 31.7 Å². The van der Waals surface area contributed by atoms with E-state index in [1.165, 1.54) is 19.3 Å². The Morgan fingerprint density at radius 2 is 2.00 bits per heavy atom. The largest absolute Gasteiger partial charge is 0.314 e. The van der Waals surface area contributed by atoms with Crippen LogP contribution in [0.1, 0.15) is 53.4 Å². The molecule has 0 aromatic rings. The normalized spacial score (nSPS) is 21.3. The molecule has 0 saturated heterocycles. The number of nitriles is 1. The van der Waals surface area contributed by atoms with Gasteiger partial charge in [-0.2, -0.15) is 5.26 Å². The molecule has 3 heteroatoms. The summed E-state index contributed by atoms with van der Waals surface area (Å²) >= 11 is 0. The summed E-state index contributed by atoms with van der Waals surface area (Å²) in [5, 5.41) is 9.00. The fraction of sp³-hybridized carbons (Fsp3) is 0.929. The first-order valence-corrected chi connectivity index (χ1v) is 6.81. The first-order valence-electron chi connectivity index (χ1n) is 6.81. The van der Waals surface area contributed by atoms with Crippen molar-refractivity contribution < 1.29 is 0 Å². The maximum absolute atomic E-state index is 9.00. The van der Waals surface area contributed by atoms with Crippen LogP contribution in [0.5, 0.6) is 0 Å². The minimum Gasteiger partial charge on any atom is -0.314 e. The standard InChI is InChI=1S/C14H27N3/c1-11(2)7-8-17(13-5-6-13)12(3)9-14(4,16)10-15/h11-13H,5-9,16H2,1-4H3. The van der Waals surface area contributed by atoms with Gasteiger partial charge in [-0.15, -0.1) is 0 Å². The van der Waals surface area contributed by atoms with Crippen molar-refractivity contribution in [1.82, 2.24) is 4.90 Å². The monoisotopic (exact) mass is 237 g/mol. The van der Waals surface area contributed by atoms with Crippen molar-refractivity contribution in [2.45, 2.75) is 71.0 Å². The Bertz CT molecular complexity index is 274. The molecule has 0 aromatic heterocycles. The fourth-order valence-corrected chi connectivity index (χ4v) is 2.35. The van der Waals surface area contributed by atoms with Gasteiger partial charge in [0, 0.05) is 12.1 Å². The summed E-state index contributed by atoms with van der Waals surface area (Å²) in [7, 11) is 0. The molecule has 3 nitrogen and oxygen atoms in total. The van der Waals surface area contributed by atoms with Gasteiger partial charge in [0.25, 0.3) is 0 Å². The van der Waals surface area contributed by atoms with Gasteiger partial charge in [0.2, 0.25) is 0 Å². The second kappa shape index (κ2) is 5.84. The first-order chi connectivity index (χ1) is 7.85. The van der Waals surface area contributed by atoms with Crippen molar-refractivity contribution in [2.75, 3.05) is 6.54 Å². The molecule has 1 fully saturated rings. The molecule has 0 aromatic carbocycles. The van der Waals surface area contributed by atoms with Gasteiger partial charge in [-0.3, -0.25) is 4.90 Å². The van der Waals surface area contributed by atoms with Crippen LogP contribution in [0, 0.1) is 17.2 Å². The Hall–Kier alpha value is -0.590. The highest BCUT2D eigenvalue weighted by Gasteiger charge is 2.34. The number of rotatable bonds is 7. The van der Waals surface area contributed by atoms with E-state index >= 15 is 0 Å². The summed E-state index contributed by atoms with van der Waals surface area (Å²) in [5.74, 6) is 0.740. The van der Waals surface area contributed by atoms with Crippen LogP contribution < -0.4 is 5.73 Å². The van der Waals surface area contributed by atoms with E-state index in [0.29, 0.717) is 6.04 Å². The quantitative estimate of drug-likeness (QED) is 0.740. The van der Waals surface area contributed by atoms with Crippen LogP contribution in [-0.2, 0) is 0 Å². The van der Waals surface area contributed by atoms with Crippen molar-refractivity contribution >= 4 is 0 Å². The average Bonchev–Trinajstić information content (AvgIpc) is 3.01. The zero-order valence-corrected chi connectivity index (χ0v) is 11.7. The minimum atomic E-state index is -0.690. The van der Waals surface area contributed by atoms with Crippen LogP contribution in [0.15, 0.2) is 0 Å². The number of nitrogens with two attached hydrogens (primary N) is 1. The molecule has 2 unspecified atom stereocenters. The van der Waals surface area contributed by atoms with Gasteiger partial charge in [-0.25, -0.2) is 0 Å². The van der Waals surface area contributed by atoms with Crippen LogP contribution in [0.4, 0.5) is 0 Å². The van der Waals surface area contributed by atoms with Crippen LogP contribution >= 0.6 is 0 Å². The third kappa shape index (κ3) is 5.06. The molecule has 1 aliphatic carbocycles. The summed E-state index contributed by atoms with van der Waals surface area (Å²) < 4.78 is 0. The highest BCUT2D eigenvalue weighted by atomic mass is 15.2. The second-order valence-corrected chi connectivity index (χ2v) is 6.23. The lowest BCUT2D eigenvalue weighted by atomic mass is 9.95. The second-order valence-electron chi connectivity index (χ2n) is 6.23. The molecule has 2 N–H and O–H groups in total. The molecule has 0 radical (unpaired) electrons. The molecule has 98 valence electrons. The van der Waals surface area contributed by atoms with Crippen molar-refractivity contribution in [2.24, 2.45) is 11.7 Å². The average molecular weight is 237 g/mol. The Morgan fingerprint density at radius 1 is 1.41 bits per heavy atom. The molecule has 0 aliphatic heterocycles. The van der Waals surface area contributed by atoms with Gasteiger partial charge in [-0.1, -0.05) is 13.8 Å². The summed E-state index contributed by atoms with van der Waals surface area (Å²) in [5.41, 5.74) is 5.25. The van der Waals surface area contributed by atoms with E-state index in [9.17, 15) is 0 Å². The van der Waals surface area contributed by atoms with Gasteiger partial charge in [-0.05, 0) is 52.0 Å². The molecule has 17 heavy (non-hydrogen) atoms. The summed E-state index contributed by atoms with van der Waals surface area (Å²) in [6, 6.07) is 3.36. The van der Waals surface area contributed by atoms with E-state index in [4.69, 9.17) is 11.0 Å². The molecule has 0 spiro atoms. The van der Waals surface area contributed by atoms with E-state index in [1.807, 2.05) is 6.92 Å². The molecule has 1 saturated carbocycles. The maximum Gasteiger partial charge on any atom is 0.102 e. The maximum atomic E-state index is 9.00. The molecular weight excluding hydrogens is 210 g/mol.